The molecule has 0 bridgehead atoms. The van der Waals surface area contributed by atoms with Gasteiger partial charge in [-0.15, -0.1) is 4.59 Å². The average Bonchev–Trinajstić information content (AvgIpc) is 2.71. The molecule has 0 aromatic heterocycles. The number of ether oxygens (including phenoxy) is 2. The second-order valence-corrected chi connectivity index (χ2v) is 20.0. The van der Waals surface area contributed by atoms with Crippen LogP contribution in [0.1, 0.15) is 0 Å². The molecule has 0 radical (unpaired) electrons. The van der Waals surface area contributed by atoms with Crippen molar-refractivity contribution in [3.8, 4) is 0 Å². The Bertz CT molecular complexity index is 393. The molecule has 0 aliphatic carbocycles. The monoisotopic (exact) mass is 363 g/mol. The maximum absolute atomic E-state index is 6.34. The minimum Gasteiger partial charge on any atom is -0.329 e. The molecule has 1 rings (SSSR count). The Hall–Kier alpha value is 0.0138. The Labute approximate surface area is 142 Å². The summed E-state index contributed by atoms with van der Waals surface area (Å²) in [7, 11) is -2.14. The molecule has 128 valence electrons. The lowest BCUT2D eigenvalue weighted by Crippen LogP contribution is -2.43. The fourth-order valence-corrected chi connectivity index (χ4v) is 3.54. The Balaban J connectivity index is 2.43. The van der Waals surface area contributed by atoms with Crippen molar-refractivity contribution in [1.82, 2.24) is 0 Å². The molecular formula is C15H32ClN2O2Si2+. The average molecular weight is 364 g/mol. The molecule has 0 N–H and O–H groups in total. The topological polar surface area (TPSA) is 30.8 Å². The van der Waals surface area contributed by atoms with Crippen molar-refractivity contribution >= 4 is 34.0 Å². The van der Waals surface area contributed by atoms with Crippen LogP contribution in [0.3, 0.4) is 0 Å². The van der Waals surface area contributed by atoms with Crippen LogP contribution in [0, 0.1) is 0 Å². The first kappa shape index (κ1) is 20.1. The summed E-state index contributed by atoms with van der Waals surface area (Å²) in [5.74, 6) is 0. The Morgan fingerprint density at radius 3 is 1.73 bits per heavy atom. The summed E-state index contributed by atoms with van der Waals surface area (Å²) in [6.45, 7) is 16.5. The lowest BCUT2D eigenvalue weighted by atomic mass is 10.6. The van der Waals surface area contributed by atoms with E-state index in [0.29, 0.717) is 18.6 Å². The van der Waals surface area contributed by atoms with E-state index in [-0.39, 0.29) is 4.59 Å². The standard InChI is InChI=1S/C15H32ClN2O2Si2/c1-21(2,3)11-9-19-13-18(15(16)7-8-17-18)14-20-10-12-22(4,5)6/h7-8H,9-14H2,1-6H3/q+1. The van der Waals surface area contributed by atoms with E-state index in [4.69, 9.17) is 21.1 Å². The molecule has 7 heteroatoms. The van der Waals surface area contributed by atoms with Crippen LogP contribution in [0.5, 0.6) is 0 Å². The van der Waals surface area contributed by atoms with E-state index in [9.17, 15) is 0 Å². The normalized spacial score (nSPS) is 17.9. The molecule has 0 aromatic carbocycles. The van der Waals surface area contributed by atoms with Crippen LogP contribution in [-0.2, 0) is 9.47 Å². The largest absolute Gasteiger partial charge is 0.329 e. The molecule has 0 amide bonds. The molecule has 0 saturated heterocycles. The van der Waals surface area contributed by atoms with Gasteiger partial charge in [0.25, 0.3) is 0 Å². The van der Waals surface area contributed by atoms with Gasteiger partial charge in [-0.1, -0.05) is 44.4 Å². The summed E-state index contributed by atoms with van der Waals surface area (Å²) >= 11 is 6.34. The number of allylic oxidation sites excluding steroid dienone is 1. The van der Waals surface area contributed by atoms with Crippen LogP contribution in [-0.4, -0.2) is 53.6 Å². The van der Waals surface area contributed by atoms with E-state index >= 15 is 0 Å². The van der Waals surface area contributed by atoms with E-state index in [1.807, 2.05) is 6.08 Å². The molecule has 1 aliphatic rings. The summed E-state index contributed by atoms with van der Waals surface area (Å²) in [4.78, 5) is 0. The van der Waals surface area contributed by atoms with Gasteiger partial charge in [-0.2, -0.15) is 0 Å². The third kappa shape index (κ3) is 7.52. The Kier molecular flexibility index (Phi) is 7.49. The van der Waals surface area contributed by atoms with Crippen molar-refractivity contribution < 1.29 is 14.1 Å². The molecule has 0 aromatic rings. The number of rotatable bonds is 10. The number of quaternary nitrogens is 1. The molecule has 0 atom stereocenters. The minimum absolute atomic E-state index is 0.221. The first-order chi connectivity index (χ1) is 10.0. The molecule has 0 saturated carbocycles. The Morgan fingerprint density at radius 1 is 0.955 bits per heavy atom. The summed E-state index contributed by atoms with van der Waals surface area (Å²) < 4.78 is 11.9. The van der Waals surface area contributed by atoms with Crippen LogP contribution >= 0.6 is 11.6 Å². The second kappa shape index (κ2) is 8.21. The van der Waals surface area contributed by atoms with Crippen molar-refractivity contribution in [1.29, 1.82) is 0 Å². The first-order valence-electron chi connectivity index (χ1n) is 7.99. The zero-order valence-corrected chi connectivity index (χ0v) is 17.7. The van der Waals surface area contributed by atoms with Crippen LogP contribution in [0.4, 0.5) is 0 Å². The summed E-state index contributed by atoms with van der Waals surface area (Å²) in [5, 5.41) is 5.14. The lowest BCUT2D eigenvalue weighted by molar-refractivity contribution is -0.927. The maximum Gasteiger partial charge on any atom is 0.233 e. The van der Waals surface area contributed by atoms with Crippen molar-refractivity contribution in [2.45, 2.75) is 51.4 Å². The predicted octanol–water partition coefficient (Wildman–Crippen LogP) is 4.51. The SMILES string of the molecule is C[Si](C)(C)CCOC[N+]1(COCC[Si](C)(C)C)N=CC=C1Cl. The molecular weight excluding hydrogens is 332 g/mol. The number of halogens is 1. The van der Waals surface area contributed by atoms with Gasteiger partial charge in [0, 0.05) is 22.2 Å². The van der Waals surface area contributed by atoms with Crippen molar-refractivity contribution in [3.05, 3.63) is 11.2 Å². The lowest BCUT2D eigenvalue weighted by Gasteiger charge is -2.28. The fraction of sp³-hybridized carbons (Fsp3) is 0.800. The summed E-state index contributed by atoms with van der Waals surface area (Å²) in [5.41, 5.74) is 0. The smallest absolute Gasteiger partial charge is 0.233 e. The quantitative estimate of drug-likeness (QED) is 0.247. The van der Waals surface area contributed by atoms with Gasteiger partial charge in [-0.3, -0.25) is 0 Å². The molecule has 0 unspecified atom stereocenters. The summed E-state index contributed by atoms with van der Waals surface area (Å²) in [6, 6.07) is 2.29. The first-order valence-corrected chi connectivity index (χ1v) is 15.8. The van der Waals surface area contributed by atoms with Crippen LogP contribution in [0.15, 0.2) is 16.3 Å². The molecule has 1 heterocycles. The van der Waals surface area contributed by atoms with Crippen molar-refractivity contribution in [3.63, 3.8) is 0 Å². The molecule has 1 aliphatic heterocycles. The molecule has 22 heavy (non-hydrogen) atoms. The van der Waals surface area contributed by atoms with Gasteiger partial charge in [0.1, 0.15) is 0 Å². The zero-order chi connectivity index (χ0) is 16.9. The Morgan fingerprint density at radius 2 is 1.41 bits per heavy atom. The predicted molar refractivity (Wildman–Crippen MR) is 101 cm³/mol. The van der Waals surface area contributed by atoms with Gasteiger partial charge in [-0.05, 0) is 23.7 Å². The fourth-order valence-electron chi connectivity index (χ4n) is 1.83. The van der Waals surface area contributed by atoms with E-state index in [0.717, 1.165) is 25.3 Å². The number of nitrogens with zero attached hydrogens (tertiary/aromatic N) is 2. The third-order valence-electron chi connectivity index (χ3n) is 3.50. The van der Waals surface area contributed by atoms with E-state index < -0.39 is 16.1 Å². The van der Waals surface area contributed by atoms with Crippen LogP contribution in [0.25, 0.3) is 0 Å². The van der Waals surface area contributed by atoms with Gasteiger partial charge in [0.2, 0.25) is 18.6 Å². The minimum atomic E-state index is -1.07. The molecule has 0 spiro atoms. The van der Waals surface area contributed by atoms with Crippen LogP contribution in [0.2, 0.25) is 51.4 Å². The highest BCUT2D eigenvalue weighted by Crippen LogP contribution is 2.26. The maximum atomic E-state index is 6.34. The van der Waals surface area contributed by atoms with Gasteiger partial charge in [-0.25, -0.2) is 0 Å². The highest BCUT2D eigenvalue weighted by Gasteiger charge is 2.36. The zero-order valence-electron chi connectivity index (χ0n) is 15.0. The third-order valence-corrected chi connectivity index (χ3v) is 7.35. The van der Waals surface area contributed by atoms with E-state index in [2.05, 4.69) is 44.4 Å². The molecule has 0 fully saturated rings. The van der Waals surface area contributed by atoms with Gasteiger partial charge in [0.05, 0.1) is 19.4 Å². The van der Waals surface area contributed by atoms with E-state index in [1.54, 1.807) is 6.21 Å². The van der Waals surface area contributed by atoms with Gasteiger partial charge >= 0.3 is 0 Å². The second-order valence-electron chi connectivity index (χ2n) is 8.37. The number of hydrogen-bond acceptors (Lipinski definition) is 3. The summed E-state index contributed by atoms with van der Waals surface area (Å²) in [6.07, 6.45) is 3.57. The highest BCUT2D eigenvalue weighted by atomic mass is 35.5. The van der Waals surface area contributed by atoms with Gasteiger partial charge in [0.15, 0.2) is 0 Å². The van der Waals surface area contributed by atoms with Crippen molar-refractivity contribution in [2.75, 3.05) is 26.7 Å². The van der Waals surface area contributed by atoms with E-state index in [1.165, 1.54) is 0 Å². The number of hydrogen-bond donors (Lipinski definition) is 0. The molecule has 4 nitrogen and oxygen atoms in total. The highest BCUT2D eigenvalue weighted by molar-refractivity contribution is 6.76. The van der Waals surface area contributed by atoms with Crippen molar-refractivity contribution in [2.24, 2.45) is 5.10 Å². The van der Waals surface area contributed by atoms with Crippen LogP contribution < -0.4 is 0 Å². The van der Waals surface area contributed by atoms with Gasteiger partial charge < -0.3 is 9.47 Å².